The first-order chi connectivity index (χ1) is 9.35. The van der Waals surface area contributed by atoms with Crippen molar-refractivity contribution in [3.05, 3.63) is 36.7 Å². The molecule has 0 aliphatic heterocycles. The van der Waals surface area contributed by atoms with Crippen LogP contribution in [-0.2, 0) is 4.74 Å². The van der Waals surface area contributed by atoms with Crippen LogP contribution in [0.4, 0.5) is 0 Å². The summed E-state index contributed by atoms with van der Waals surface area (Å²) in [5.41, 5.74) is 1.08. The van der Waals surface area contributed by atoms with E-state index in [0.29, 0.717) is 0 Å². The fourth-order valence-corrected chi connectivity index (χ4v) is 2.50. The van der Waals surface area contributed by atoms with Gasteiger partial charge in [0.2, 0.25) is 0 Å². The van der Waals surface area contributed by atoms with E-state index in [1.165, 1.54) is 0 Å². The van der Waals surface area contributed by atoms with E-state index in [1.807, 2.05) is 43.6 Å². The zero-order valence-electron chi connectivity index (χ0n) is 11.2. The van der Waals surface area contributed by atoms with Gasteiger partial charge < -0.3 is 9.47 Å². The Balaban J connectivity index is 2.05. The van der Waals surface area contributed by atoms with Crippen LogP contribution >= 0.6 is 11.8 Å². The number of thioether (sulfide) groups is 1. The monoisotopic (exact) mass is 278 g/mol. The van der Waals surface area contributed by atoms with Gasteiger partial charge in [-0.2, -0.15) is 0 Å². The first-order valence-corrected chi connectivity index (χ1v) is 7.22. The average Bonchev–Trinajstić information content (AvgIpc) is 2.92. The van der Waals surface area contributed by atoms with Crippen molar-refractivity contribution in [2.45, 2.75) is 12.1 Å². The predicted octanol–water partition coefficient (Wildman–Crippen LogP) is 3.01. The molecule has 0 bridgehead atoms. The molecule has 0 aliphatic carbocycles. The molecule has 1 aromatic carbocycles. The minimum atomic E-state index is 0.747. The Labute approximate surface area is 117 Å². The maximum absolute atomic E-state index is 5.33. The third-order valence-electron chi connectivity index (χ3n) is 2.62. The Morgan fingerprint density at radius 1 is 1.26 bits per heavy atom. The first-order valence-electron chi connectivity index (χ1n) is 6.23. The van der Waals surface area contributed by atoms with Crippen LogP contribution in [-0.4, -0.2) is 35.6 Å². The van der Waals surface area contributed by atoms with E-state index in [0.717, 1.165) is 35.6 Å². The van der Waals surface area contributed by atoms with Crippen LogP contribution in [0.3, 0.4) is 0 Å². The second-order valence-corrected chi connectivity index (χ2v) is 4.89. The van der Waals surface area contributed by atoms with E-state index in [-0.39, 0.29) is 0 Å². The van der Waals surface area contributed by atoms with Gasteiger partial charge in [0.15, 0.2) is 5.16 Å². The van der Waals surface area contributed by atoms with Gasteiger partial charge in [-0.15, -0.1) is 0 Å². The van der Waals surface area contributed by atoms with Gasteiger partial charge in [0.25, 0.3) is 0 Å². The highest BCUT2D eigenvalue weighted by Crippen LogP contribution is 2.22. The summed E-state index contributed by atoms with van der Waals surface area (Å²) >= 11 is 1.69. The van der Waals surface area contributed by atoms with E-state index in [9.17, 15) is 0 Å². The fraction of sp³-hybridized carbons (Fsp3) is 0.357. The van der Waals surface area contributed by atoms with Gasteiger partial charge in [0, 0.05) is 30.4 Å². The quantitative estimate of drug-likeness (QED) is 0.576. The van der Waals surface area contributed by atoms with Crippen molar-refractivity contribution in [3.63, 3.8) is 0 Å². The largest absolute Gasteiger partial charge is 0.497 e. The lowest BCUT2D eigenvalue weighted by molar-refractivity contribution is 0.164. The minimum absolute atomic E-state index is 0.747. The van der Waals surface area contributed by atoms with E-state index in [4.69, 9.17) is 9.47 Å². The average molecular weight is 278 g/mol. The zero-order valence-corrected chi connectivity index (χ0v) is 12.0. The van der Waals surface area contributed by atoms with Crippen LogP contribution < -0.4 is 4.74 Å². The highest BCUT2D eigenvalue weighted by atomic mass is 32.2. The van der Waals surface area contributed by atoms with Gasteiger partial charge in [-0.25, -0.2) is 4.98 Å². The summed E-state index contributed by atoms with van der Waals surface area (Å²) in [5, 5.41) is 0.977. The van der Waals surface area contributed by atoms with Crippen molar-refractivity contribution >= 4 is 11.8 Å². The van der Waals surface area contributed by atoms with Crippen molar-refractivity contribution in [2.24, 2.45) is 0 Å². The summed E-state index contributed by atoms with van der Waals surface area (Å²) < 4.78 is 12.6. The third-order valence-corrected chi connectivity index (χ3v) is 3.55. The molecule has 102 valence electrons. The molecule has 2 rings (SSSR count). The molecule has 0 saturated carbocycles. The van der Waals surface area contributed by atoms with E-state index in [1.54, 1.807) is 18.9 Å². The summed E-state index contributed by atoms with van der Waals surface area (Å²) in [5.74, 6) is 1.76. The van der Waals surface area contributed by atoms with E-state index in [2.05, 4.69) is 9.55 Å². The number of benzene rings is 1. The number of ether oxygens (including phenoxy) is 2. The zero-order chi connectivity index (χ0) is 13.5. The molecule has 0 spiro atoms. The van der Waals surface area contributed by atoms with Gasteiger partial charge in [-0.1, -0.05) is 11.8 Å². The molecule has 0 radical (unpaired) electrons. The second-order valence-electron chi connectivity index (χ2n) is 3.82. The lowest BCUT2D eigenvalue weighted by Gasteiger charge is -2.08. The van der Waals surface area contributed by atoms with Crippen molar-refractivity contribution < 1.29 is 9.47 Å². The third kappa shape index (κ3) is 3.75. The number of methoxy groups -OCH3 is 1. The Morgan fingerprint density at radius 2 is 2.05 bits per heavy atom. The normalized spacial score (nSPS) is 10.6. The number of rotatable bonds is 7. The van der Waals surface area contributed by atoms with Gasteiger partial charge in [0.1, 0.15) is 5.75 Å². The van der Waals surface area contributed by atoms with Crippen LogP contribution in [0, 0.1) is 0 Å². The van der Waals surface area contributed by atoms with Gasteiger partial charge in [-0.3, -0.25) is 4.57 Å². The molecular formula is C14H18N2O2S. The van der Waals surface area contributed by atoms with E-state index < -0.39 is 0 Å². The standard InChI is InChI=1S/C14H18N2O2S/c1-3-18-10-11-19-14-15-8-9-16(14)12-4-6-13(17-2)7-5-12/h4-9H,3,10-11H2,1-2H3. The molecule has 19 heavy (non-hydrogen) atoms. The lowest BCUT2D eigenvalue weighted by Crippen LogP contribution is -1.99. The number of aromatic nitrogens is 2. The smallest absolute Gasteiger partial charge is 0.172 e. The SMILES string of the molecule is CCOCCSc1nccn1-c1ccc(OC)cc1. The maximum atomic E-state index is 5.33. The van der Waals surface area contributed by atoms with Crippen molar-refractivity contribution in [1.82, 2.24) is 9.55 Å². The number of nitrogens with zero attached hydrogens (tertiary/aromatic N) is 2. The molecule has 0 fully saturated rings. The second kappa shape index (κ2) is 7.21. The molecule has 0 saturated heterocycles. The molecule has 0 N–H and O–H groups in total. The predicted molar refractivity (Wildman–Crippen MR) is 77.3 cm³/mol. The molecule has 0 amide bonds. The number of hydrogen-bond donors (Lipinski definition) is 0. The molecule has 1 heterocycles. The van der Waals surface area contributed by atoms with Crippen LogP contribution in [0.25, 0.3) is 5.69 Å². The molecule has 2 aromatic rings. The summed E-state index contributed by atoms with van der Waals surface area (Å²) in [7, 11) is 1.67. The molecule has 0 unspecified atom stereocenters. The molecule has 1 aromatic heterocycles. The van der Waals surface area contributed by atoms with Crippen LogP contribution in [0.15, 0.2) is 41.8 Å². The maximum Gasteiger partial charge on any atom is 0.172 e. The van der Waals surface area contributed by atoms with Crippen molar-refractivity contribution in [1.29, 1.82) is 0 Å². The van der Waals surface area contributed by atoms with Gasteiger partial charge in [-0.05, 0) is 31.2 Å². The minimum Gasteiger partial charge on any atom is -0.497 e. The van der Waals surface area contributed by atoms with Gasteiger partial charge >= 0.3 is 0 Å². The van der Waals surface area contributed by atoms with Crippen molar-refractivity contribution in [2.75, 3.05) is 26.1 Å². The van der Waals surface area contributed by atoms with Gasteiger partial charge in [0.05, 0.1) is 13.7 Å². The number of imidazole rings is 1. The summed E-state index contributed by atoms with van der Waals surface area (Å²) in [6.45, 7) is 3.51. The fourth-order valence-electron chi connectivity index (χ4n) is 1.67. The van der Waals surface area contributed by atoms with Crippen LogP contribution in [0.1, 0.15) is 6.92 Å². The lowest BCUT2D eigenvalue weighted by atomic mass is 10.3. The molecular weight excluding hydrogens is 260 g/mol. The molecule has 0 atom stereocenters. The summed E-state index contributed by atoms with van der Waals surface area (Å²) in [6, 6.07) is 7.94. The Hall–Kier alpha value is -1.46. The first kappa shape index (κ1) is 14.0. The highest BCUT2D eigenvalue weighted by Gasteiger charge is 2.05. The van der Waals surface area contributed by atoms with Crippen molar-refractivity contribution in [3.8, 4) is 11.4 Å². The highest BCUT2D eigenvalue weighted by molar-refractivity contribution is 7.99. The molecule has 4 nitrogen and oxygen atoms in total. The Morgan fingerprint density at radius 3 is 2.74 bits per heavy atom. The number of hydrogen-bond acceptors (Lipinski definition) is 4. The Kier molecular flexibility index (Phi) is 5.30. The Bertz CT molecular complexity index is 496. The topological polar surface area (TPSA) is 36.3 Å². The van der Waals surface area contributed by atoms with E-state index >= 15 is 0 Å². The van der Waals surface area contributed by atoms with Crippen LogP contribution in [0.2, 0.25) is 0 Å². The van der Waals surface area contributed by atoms with Crippen LogP contribution in [0.5, 0.6) is 5.75 Å². The molecule has 0 aliphatic rings. The summed E-state index contributed by atoms with van der Waals surface area (Å²) in [4.78, 5) is 4.37. The molecule has 5 heteroatoms. The summed E-state index contributed by atoms with van der Waals surface area (Å²) in [6.07, 6.45) is 3.78.